The fraction of sp³-hybridized carbons (Fsp3) is 0.250. The van der Waals surface area contributed by atoms with E-state index >= 15 is 0 Å². The van der Waals surface area contributed by atoms with Crippen molar-refractivity contribution in [3.8, 4) is 0 Å². The van der Waals surface area contributed by atoms with Crippen LogP contribution in [0.2, 0.25) is 0 Å². The molecule has 2 heterocycles. The highest BCUT2D eigenvalue weighted by atomic mass is 32.2. The predicted octanol–water partition coefficient (Wildman–Crippen LogP) is 2.60. The molecule has 0 aliphatic carbocycles. The second kappa shape index (κ2) is 6.20. The lowest BCUT2D eigenvalue weighted by Crippen LogP contribution is -1.99. The molecule has 0 saturated carbocycles. The number of pyridine rings is 1. The van der Waals surface area contributed by atoms with Crippen LogP contribution in [0.3, 0.4) is 0 Å². The van der Waals surface area contributed by atoms with Crippen LogP contribution in [0, 0.1) is 0 Å². The number of aromatic nitrogens is 3. The zero-order valence-corrected chi connectivity index (χ0v) is 10.4. The minimum Gasteiger partial charge on any atom is -0.370 e. The van der Waals surface area contributed by atoms with Crippen LogP contribution in [0.4, 0.5) is 5.82 Å². The van der Waals surface area contributed by atoms with Gasteiger partial charge < -0.3 is 5.32 Å². The van der Waals surface area contributed by atoms with Crippen molar-refractivity contribution in [1.29, 1.82) is 0 Å². The van der Waals surface area contributed by atoms with Gasteiger partial charge in [-0.05, 0) is 30.7 Å². The van der Waals surface area contributed by atoms with Crippen LogP contribution < -0.4 is 5.32 Å². The van der Waals surface area contributed by atoms with Gasteiger partial charge in [-0.3, -0.25) is 0 Å². The molecule has 0 aromatic carbocycles. The molecule has 88 valence electrons. The van der Waals surface area contributed by atoms with Gasteiger partial charge in [0, 0.05) is 30.9 Å². The fourth-order valence-corrected chi connectivity index (χ4v) is 2.10. The van der Waals surface area contributed by atoms with Crippen molar-refractivity contribution in [3.05, 3.63) is 42.4 Å². The number of nitrogens with zero attached hydrogens (tertiary/aromatic N) is 3. The Kier molecular flexibility index (Phi) is 4.32. The predicted molar refractivity (Wildman–Crippen MR) is 70.0 cm³/mol. The number of anilines is 1. The number of hydrogen-bond donors (Lipinski definition) is 1. The largest absolute Gasteiger partial charge is 0.370 e. The molecule has 0 radical (unpaired) electrons. The average molecular weight is 246 g/mol. The van der Waals surface area contributed by atoms with Crippen molar-refractivity contribution in [3.63, 3.8) is 0 Å². The van der Waals surface area contributed by atoms with Gasteiger partial charge in [-0.1, -0.05) is 11.8 Å². The molecule has 4 nitrogen and oxygen atoms in total. The molecule has 0 unspecified atom stereocenters. The molecule has 0 spiro atoms. The Morgan fingerprint density at radius 3 is 2.76 bits per heavy atom. The van der Waals surface area contributed by atoms with Crippen LogP contribution in [0.5, 0.6) is 0 Å². The summed E-state index contributed by atoms with van der Waals surface area (Å²) in [6.07, 6.45) is 5.33. The molecule has 2 aromatic heterocycles. The Bertz CT molecular complexity index is 461. The zero-order chi connectivity index (χ0) is 11.9. The standard InChI is InChI=1S/C12H14N4S/c1-2-13-11-8-10(4-7-14-11)9-17-12-15-5-3-6-16-12/h3-8H,2,9H2,1H3,(H,13,14). The fourth-order valence-electron chi connectivity index (χ4n) is 1.35. The van der Waals surface area contributed by atoms with Gasteiger partial charge >= 0.3 is 0 Å². The van der Waals surface area contributed by atoms with Gasteiger partial charge in [0.1, 0.15) is 5.82 Å². The number of rotatable bonds is 5. The number of hydrogen-bond acceptors (Lipinski definition) is 5. The first-order valence-electron chi connectivity index (χ1n) is 5.47. The highest BCUT2D eigenvalue weighted by molar-refractivity contribution is 7.98. The number of nitrogens with one attached hydrogen (secondary N) is 1. The Balaban J connectivity index is 1.97. The first-order valence-corrected chi connectivity index (χ1v) is 6.45. The van der Waals surface area contributed by atoms with Crippen molar-refractivity contribution in [2.24, 2.45) is 0 Å². The minimum atomic E-state index is 0.800. The van der Waals surface area contributed by atoms with Crippen molar-refractivity contribution < 1.29 is 0 Å². The van der Waals surface area contributed by atoms with Crippen LogP contribution in [-0.2, 0) is 5.75 Å². The van der Waals surface area contributed by atoms with Crippen molar-refractivity contribution in [1.82, 2.24) is 15.0 Å². The first-order chi connectivity index (χ1) is 8.38. The van der Waals surface area contributed by atoms with E-state index in [0.29, 0.717) is 0 Å². The molecular weight excluding hydrogens is 232 g/mol. The van der Waals surface area contributed by atoms with Gasteiger partial charge in [0.05, 0.1) is 0 Å². The summed E-state index contributed by atoms with van der Waals surface area (Å²) in [5.74, 6) is 1.77. The molecule has 1 N–H and O–H groups in total. The summed E-state index contributed by atoms with van der Waals surface area (Å²) in [4.78, 5) is 12.6. The quantitative estimate of drug-likeness (QED) is 0.649. The third kappa shape index (κ3) is 3.71. The molecule has 2 rings (SSSR count). The molecular formula is C12H14N4S. The molecule has 0 amide bonds. The van der Waals surface area contributed by atoms with Gasteiger partial charge in [-0.2, -0.15) is 0 Å². The van der Waals surface area contributed by atoms with Gasteiger partial charge in [-0.15, -0.1) is 0 Å². The van der Waals surface area contributed by atoms with Crippen molar-refractivity contribution >= 4 is 17.6 Å². The maximum Gasteiger partial charge on any atom is 0.187 e. The Morgan fingerprint density at radius 2 is 2.00 bits per heavy atom. The smallest absolute Gasteiger partial charge is 0.187 e. The van der Waals surface area contributed by atoms with E-state index in [9.17, 15) is 0 Å². The molecule has 17 heavy (non-hydrogen) atoms. The third-order valence-electron chi connectivity index (χ3n) is 2.09. The van der Waals surface area contributed by atoms with Gasteiger partial charge in [0.25, 0.3) is 0 Å². The molecule has 0 aliphatic heterocycles. The Hall–Kier alpha value is -1.62. The Morgan fingerprint density at radius 1 is 1.18 bits per heavy atom. The molecule has 0 aliphatic rings. The highest BCUT2D eigenvalue weighted by Crippen LogP contribution is 2.19. The second-order valence-corrected chi connectivity index (χ2v) is 4.34. The lowest BCUT2D eigenvalue weighted by Gasteiger charge is -2.04. The molecule has 0 bridgehead atoms. The summed E-state index contributed by atoms with van der Waals surface area (Å²) in [6.45, 7) is 2.94. The minimum absolute atomic E-state index is 0.800. The third-order valence-corrected chi connectivity index (χ3v) is 3.04. The molecule has 5 heteroatoms. The topological polar surface area (TPSA) is 50.7 Å². The molecule has 0 saturated heterocycles. The second-order valence-electron chi connectivity index (χ2n) is 3.40. The average Bonchev–Trinajstić information content (AvgIpc) is 2.39. The van der Waals surface area contributed by atoms with Crippen molar-refractivity contribution in [2.75, 3.05) is 11.9 Å². The van der Waals surface area contributed by atoms with E-state index in [-0.39, 0.29) is 0 Å². The van der Waals surface area contributed by atoms with Crippen LogP contribution in [0.15, 0.2) is 41.9 Å². The van der Waals surface area contributed by atoms with Gasteiger partial charge in [0.15, 0.2) is 5.16 Å². The summed E-state index contributed by atoms with van der Waals surface area (Å²) in [7, 11) is 0. The lowest BCUT2D eigenvalue weighted by atomic mass is 10.3. The van der Waals surface area contributed by atoms with Crippen LogP contribution >= 0.6 is 11.8 Å². The van der Waals surface area contributed by atoms with E-state index in [1.54, 1.807) is 24.2 Å². The van der Waals surface area contributed by atoms with E-state index in [1.165, 1.54) is 5.56 Å². The van der Waals surface area contributed by atoms with Gasteiger partial charge in [0.2, 0.25) is 0 Å². The first kappa shape index (κ1) is 11.9. The maximum atomic E-state index is 4.23. The van der Waals surface area contributed by atoms with Crippen LogP contribution in [0.1, 0.15) is 12.5 Å². The van der Waals surface area contributed by atoms with E-state index in [0.717, 1.165) is 23.3 Å². The van der Waals surface area contributed by atoms with Crippen molar-refractivity contribution in [2.45, 2.75) is 17.8 Å². The summed E-state index contributed by atoms with van der Waals surface area (Å²) in [5.41, 5.74) is 1.22. The molecule has 0 atom stereocenters. The molecule has 2 aromatic rings. The summed E-state index contributed by atoms with van der Waals surface area (Å²) < 4.78 is 0. The Labute approximate surface area is 105 Å². The zero-order valence-electron chi connectivity index (χ0n) is 9.63. The van der Waals surface area contributed by atoms with Gasteiger partial charge in [-0.25, -0.2) is 15.0 Å². The summed E-state index contributed by atoms with van der Waals surface area (Å²) in [6, 6.07) is 5.88. The summed E-state index contributed by atoms with van der Waals surface area (Å²) >= 11 is 1.62. The highest BCUT2D eigenvalue weighted by Gasteiger charge is 1.99. The lowest BCUT2D eigenvalue weighted by molar-refractivity contribution is 0.966. The van der Waals surface area contributed by atoms with Crippen LogP contribution in [-0.4, -0.2) is 21.5 Å². The van der Waals surface area contributed by atoms with E-state index in [2.05, 4.69) is 33.3 Å². The SMILES string of the molecule is CCNc1cc(CSc2ncccn2)ccn1. The van der Waals surface area contributed by atoms with Crippen LogP contribution in [0.25, 0.3) is 0 Å². The van der Waals surface area contributed by atoms with E-state index in [4.69, 9.17) is 0 Å². The van der Waals surface area contributed by atoms with E-state index in [1.807, 2.05) is 18.3 Å². The molecule has 0 fully saturated rings. The number of thioether (sulfide) groups is 1. The van der Waals surface area contributed by atoms with E-state index < -0.39 is 0 Å². The monoisotopic (exact) mass is 246 g/mol. The summed E-state index contributed by atoms with van der Waals surface area (Å²) in [5, 5.41) is 3.99. The maximum absolute atomic E-state index is 4.23. The normalized spacial score (nSPS) is 10.2.